The van der Waals surface area contributed by atoms with Crippen molar-refractivity contribution in [3.63, 3.8) is 0 Å². The lowest BCUT2D eigenvalue weighted by molar-refractivity contribution is -0.118. The average Bonchev–Trinajstić information content (AvgIpc) is 3.02. The van der Waals surface area contributed by atoms with E-state index in [0.717, 1.165) is 17.6 Å². The second-order valence-corrected chi connectivity index (χ2v) is 6.06. The number of benzene rings is 2. The number of aromatic amines is 1. The fraction of sp³-hybridized carbons (Fsp3) is 0.211. The van der Waals surface area contributed by atoms with Gasteiger partial charge in [0, 0.05) is 11.6 Å². The molecule has 140 valence electrons. The molecule has 2 aromatic carbocycles. The number of nitrogens with one attached hydrogen (secondary N) is 3. The molecule has 6 nitrogen and oxygen atoms in total. The minimum Gasteiger partial charge on any atom is -0.340 e. The first kappa shape index (κ1) is 18.5. The highest BCUT2D eigenvalue weighted by atomic mass is 19.1. The summed E-state index contributed by atoms with van der Waals surface area (Å²) in [5, 5.41) is 5.14. The number of fused-ring (bicyclic) bond motifs is 1. The minimum atomic E-state index is -0.873. The molecule has 2 amide bonds. The molecule has 27 heavy (non-hydrogen) atoms. The van der Waals surface area contributed by atoms with Crippen LogP contribution in [0.2, 0.25) is 0 Å². The van der Waals surface area contributed by atoms with Crippen LogP contribution in [0.3, 0.4) is 0 Å². The van der Waals surface area contributed by atoms with E-state index in [-0.39, 0.29) is 11.5 Å². The van der Waals surface area contributed by atoms with E-state index in [0.29, 0.717) is 24.4 Å². The topological polar surface area (TPSA) is 86.9 Å². The van der Waals surface area contributed by atoms with Gasteiger partial charge in [0.25, 0.3) is 5.91 Å². The molecule has 0 spiro atoms. The van der Waals surface area contributed by atoms with Gasteiger partial charge in [-0.1, -0.05) is 25.5 Å². The highest BCUT2D eigenvalue weighted by Crippen LogP contribution is 2.14. The van der Waals surface area contributed by atoms with Crippen LogP contribution in [0.5, 0.6) is 0 Å². The maximum absolute atomic E-state index is 13.3. The summed E-state index contributed by atoms with van der Waals surface area (Å²) in [7, 11) is 0. The Morgan fingerprint density at radius 2 is 1.85 bits per heavy atom. The van der Waals surface area contributed by atoms with Gasteiger partial charge in [-0.05, 0) is 30.7 Å². The van der Waals surface area contributed by atoms with Crippen LogP contribution in [-0.2, 0) is 4.79 Å². The van der Waals surface area contributed by atoms with E-state index >= 15 is 0 Å². The third kappa shape index (κ3) is 4.46. The minimum absolute atomic E-state index is 0.190. The summed E-state index contributed by atoms with van der Waals surface area (Å²) >= 11 is 0. The van der Waals surface area contributed by atoms with Gasteiger partial charge in [-0.15, -0.1) is 0 Å². The number of carbonyl (C=O) groups is 2. The van der Waals surface area contributed by atoms with Crippen LogP contribution in [-0.4, -0.2) is 27.8 Å². The first-order valence-corrected chi connectivity index (χ1v) is 8.49. The van der Waals surface area contributed by atoms with Crippen molar-refractivity contribution < 1.29 is 18.4 Å². The zero-order chi connectivity index (χ0) is 19.4. The molecule has 0 saturated heterocycles. The molecule has 3 N–H and O–H groups in total. The third-order valence-corrected chi connectivity index (χ3v) is 3.95. The highest BCUT2D eigenvalue weighted by Gasteiger charge is 2.22. The summed E-state index contributed by atoms with van der Waals surface area (Å²) in [6.07, 6.45) is 0.978. The molecule has 0 aliphatic heterocycles. The van der Waals surface area contributed by atoms with Crippen molar-refractivity contribution in [2.24, 2.45) is 0 Å². The molecule has 0 aliphatic carbocycles. The zero-order valence-corrected chi connectivity index (χ0v) is 14.6. The van der Waals surface area contributed by atoms with Gasteiger partial charge in [0.1, 0.15) is 17.7 Å². The van der Waals surface area contributed by atoms with E-state index in [1.54, 1.807) is 6.07 Å². The molecule has 0 bridgehead atoms. The van der Waals surface area contributed by atoms with Gasteiger partial charge in [0.05, 0.1) is 11.0 Å². The number of H-pyrrole nitrogens is 1. The van der Waals surface area contributed by atoms with E-state index in [1.165, 1.54) is 0 Å². The Bertz CT molecular complexity index is 934. The number of para-hydroxylation sites is 2. The molecular weight excluding hydrogens is 354 g/mol. The van der Waals surface area contributed by atoms with E-state index < -0.39 is 29.5 Å². The summed E-state index contributed by atoms with van der Waals surface area (Å²) in [6, 6.07) is 8.91. The maximum Gasteiger partial charge on any atom is 0.252 e. The molecule has 1 atom stereocenters. The van der Waals surface area contributed by atoms with Gasteiger partial charge in [0.2, 0.25) is 11.9 Å². The monoisotopic (exact) mass is 372 g/mol. The molecule has 1 heterocycles. The smallest absolute Gasteiger partial charge is 0.252 e. The number of hydrogen-bond acceptors (Lipinski definition) is 3. The molecule has 0 radical (unpaired) electrons. The van der Waals surface area contributed by atoms with Crippen LogP contribution in [0.25, 0.3) is 11.0 Å². The number of halogens is 2. The predicted octanol–water partition coefficient (Wildman–Crippen LogP) is 3.38. The van der Waals surface area contributed by atoms with Crippen LogP contribution in [0.1, 0.15) is 30.1 Å². The van der Waals surface area contributed by atoms with Crippen LogP contribution >= 0.6 is 0 Å². The van der Waals surface area contributed by atoms with Crippen molar-refractivity contribution in [3.05, 3.63) is 59.7 Å². The normalized spacial score (nSPS) is 12.0. The molecule has 1 aromatic heterocycles. The number of nitrogens with zero attached hydrogens (tertiary/aromatic N) is 1. The Balaban J connectivity index is 1.73. The Hall–Kier alpha value is -3.29. The molecule has 0 saturated carbocycles. The van der Waals surface area contributed by atoms with Crippen molar-refractivity contribution in [2.75, 3.05) is 5.32 Å². The van der Waals surface area contributed by atoms with E-state index in [4.69, 9.17) is 0 Å². The second kappa shape index (κ2) is 7.94. The fourth-order valence-electron chi connectivity index (χ4n) is 2.70. The number of amides is 2. The first-order valence-electron chi connectivity index (χ1n) is 8.49. The number of rotatable bonds is 6. The van der Waals surface area contributed by atoms with Gasteiger partial charge in [-0.3, -0.25) is 14.9 Å². The van der Waals surface area contributed by atoms with Crippen molar-refractivity contribution in [3.8, 4) is 0 Å². The van der Waals surface area contributed by atoms with Crippen molar-refractivity contribution in [1.29, 1.82) is 0 Å². The van der Waals surface area contributed by atoms with Gasteiger partial charge in [-0.25, -0.2) is 13.8 Å². The van der Waals surface area contributed by atoms with Gasteiger partial charge in [0.15, 0.2) is 0 Å². The van der Waals surface area contributed by atoms with Gasteiger partial charge in [-0.2, -0.15) is 0 Å². The third-order valence-electron chi connectivity index (χ3n) is 3.95. The molecule has 0 fully saturated rings. The number of anilines is 1. The quantitative estimate of drug-likeness (QED) is 0.620. The first-order chi connectivity index (χ1) is 13.0. The molecule has 8 heteroatoms. The molecule has 0 unspecified atom stereocenters. The largest absolute Gasteiger partial charge is 0.340 e. The lowest BCUT2D eigenvalue weighted by Gasteiger charge is -2.17. The summed E-state index contributed by atoms with van der Waals surface area (Å²) in [4.78, 5) is 32.1. The van der Waals surface area contributed by atoms with E-state index in [9.17, 15) is 18.4 Å². The molecule has 3 aromatic rings. The van der Waals surface area contributed by atoms with E-state index in [1.807, 2.05) is 25.1 Å². The maximum atomic E-state index is 13.3. The van der Waals surface area contributed by atoms with Crippen molar-refractivity contribution >= 4 is 28.8 Å². The molecular formula is C19H18F2N4O2. The number of imidazole rings is 1. The van der Waals surface area contributed by atoms with Gasteiger partial charge >= 0.3 is 0 Å². The predicted molar refractivity (Wildman–Crippen MR) is 97.2 cm³/mol. The van der Waals surface area contributed by atoms with Gasteiger partial charge < -0.3 is 10.3 Å². The Kier molecular flexibility index (Phi) is 5.44. The summed E-state index contributed by atoms with van der Waals surface area (Å²) in [5.74, 6) is -2.67. The number of hydrogen-bond donors (Lipinski definition) is 3. The average molecular weight is 372 g/mol. The second-order valence-electron chi connectivity index (χ2n) is 6.06. The van der Waals surface area contributed by atoms with Crippen molar-refractivity contribution in [2.45, 2.75) is 25.8 Å². The lowest BCUT2D eigenvalue weighted by atomic mass is 10.1. The number of aromatic nitrogens is 2. The van der Waals surface area contributed by atoms with E-state index in [2.05, 4.69) is 20.6 Å². The fourth-order valence-corrected chi connectivity index (χ4v) is 2.70. The van der Waals surface area contributed by atoms with Crippen LogP contribution < -0.4 is 10.6 Å². The molecule has 0 aliphatic rings. The van der Waals surface area contributed by atoms with Crippen LogP contribution in [0.15, 0.2) is 42.5 Å². The summed E-state index contributed by atoms with van der Waals surface area (Å²) in [6.45, 7) is 1.86. The highest BCUT2D eigenvalue weighted by molar-refractivity contribution is 6.01. The zero-order valence-electron chi connectivity index (χ0n) is 14.6. The summed E-state index contributed by atoms with van der Waals surface area (Å²) < 4.78 is 26.6. The van der Waals surface area contributed by atoms with Crippen molar-refractivity contribution in [1.82, 2.24) is 15.3 Å². The number of carbonyl (C=O) groups excluding carboxylic acids is 2. The Morgan fingerprint density at radius 1 is 1.15 bits per heavy atom. The van der Waals surface area contributed by atoms with Crippen LogP contribution in [0, 0.1) is 11.6 Å². The lowest BCUT2D eigenvalue weighted by Crippen LogP contribution is -2.44. The standard InChI is InChI=1S/C19H18F2N4O2/c1-2-5-16(22-17(26)11-8-12(20)10-13(21)9-11)18(27)25-19-23-14-6-3-4-7-15(14)24-19/h3-4,6-10,16H,2,5H2,1H3,(H,22,26)(H2,23,24,25,27)/t16-/m0/s1. The van der Waals surface area contributed by atoms with Crippen LogP contribution in [0.4, 0.5) is 14.7 Å². The summed E-state index contributed by atoms with van der Waals surface area (Å²) in [5.41, 5.74) is 1.27. The molecule has 3 rings (SSSR count). The SMILES string of the molecule is CCC[C@H](NC(=O)c1cc(F)cc(F)c1)C(=O)Nc1nc2ccccc2[nH]1. The Morgan fingerprint density at radius 3 is 2.52 bits per heavy atom. The Labute approximate surface area is 154 Å².